The lowest BCUT2D eigenvalue weighted by molar-refractivity contribution is 0.202. The molecule has 2 fully saturated rings. The fraction of sp³-hybridized carbons (Fsp3) is 1.00. The summed E-state index contributed by atoms with van der Waals surface area (Å²) in [5, 5.41) is 12.3. The zero-order valence-corrected chi connectivity index (χ0v) is 13.1. The third-order valence-corrected chi connectivity index (χ3v) is 6.53. The standard InChI is InChI=1S/C14H28N2O3S/c17-10-5-14-2-1-9-16(12-14)20(18,19)11-6-13-3-7-15-8-4-13/h13-15,17H,1-12H2. The van der Waals surface area contributed by atoms with Crippen LogP contribution in [-0.4, -0.2) is 56.4 Å². The van der Waals surface area contributed by atoms with E-state index in [1.54, 1.807) is 4.31 Å². The third-order valence-electron chi connectivity index (χ3n) is 4.66. The summed E-state index contributed by atoms with van der Waals surface area (Å²) >= 11 is 0. The van der Waals surface area contributed by atoms with Gasteiger partial charge in [0.2, 0.25) is 10.0 Å². The highest BCUT2D eigenvalue weighted by Gasteiger charge is 2.29. The molecule has 2 saturated heterocycles. The van der Waals surface area contributed by atoms with Gasteiger partial charge >= 0.3 is 0 Å². The maximum absolute atomic E-state index is 12.4. The van der Waals surface area contributed by atoms with Gasteiger partial charge in [0.15, 0.2) is 0 Å². The minimum absolute atomic E-state index is 0.160. The lowest BCUT2D eigenvalue weighted by Crippen LogP contribution is -2.41. The Balaban J connectivity index is 1.82. The molecule has 1 atom stereocenters. The van der Waals surface area contributed by atoms with Gasteiger partial charge in [0.05, 0.1) is 5.75 Å². The van der Waals surface area contributed by atoms with E-state index in [0.717, 1.165) is 51.6 Å². The van der Waals surface area contributed by atoms with Crippen molar-refractivity contribution < 1.29 is 13.5 Å². The molecule has 20 heavy (non-hydrogen) atoms. The number of piperidine rings is 2. The van der Waals surface area contributed by atoms with E-state index < -0.39 is 10.0 Å². The van der Waals surface area contributed by atoms with Crippen LogP contribution in [0, 0.1) is 11.8 Å². The van der Waals surface area contributed by atoms with Crippen molar-refractivity contribution >= 4 is 10.0 Å². The average molecular weight is 304 g/mol. The van der Waals surface area contributed by atoms with Crippen molar-refractivity contribution in [1.29, 1.82) is 0 Å². The zero-order chi connectivity index (χ0) is 14.4. The number of hydrogen-bond donors (Lipinski definition) is 2. The summed E-state index contributed by atoms with van der Waals surface area (Å²) in [4.78, 5) is 0. The van der Waals surface area contributed by atoms with Gasteiger partial charge in [-0.2, -0.15) is 0 Å². The van der Waals surface area contributed by atoms with E-state index in [1.807, 2.05) is 0 Å². The first-order valence-corrected chi connectivity index (χ1v) is 9.52. The molecule has 0 aromatic heterocycles. The quantitative estimate of drug-likeness (QED) is 0.761. The van der Waals surface area contributed by atoms with Crippen molar-refractivity contribution in [1.82, 2.24) is 9.62 Å². The number of aliphatic hydroxyl groups is 1. The Morgan fingerprint density at radius 2 is 1.85 bits per heavy atom. The fourth-order valence-electron chi connectivity index (χ4n) is 3.31. The van der Waals surface area contributed by atoms with Crippen molar-refractivity contribution in [3.8, 4) is 0 Å². The van der Waals surface area contributed by atoms with Gasteiger partial charge in [-0.15, -0.1) is 0 Å². The van der Waals surface area contributed by atoms with Crippen molar-refractivity contribution in [3.63, 3.8) is 0 Å². The summed E-state index contributed by atoms with van der Waals surface area (Å²) in [6.45, 7) is 3.47. The first-order chi connectivity index (χ1) is 9.62. The topological polar surface area (TPSA) is 69.6 Å². The minimum atomic E-state index is -3.10. The minimum Gasteiger partial charge on any atom is -0.396 e. The van der Waals surface area contributed by atoms with Crippen LogP contribution in [0.15, 0.2) is 0 Å². The lowest BCUT2D eigenvalue weighted by Gasteiger charge is -2.32. The Morgan fingerprint density at radius 3 is 2.55 bits per heavy atom. The van der Waals surface area contributed by atoms with Crippen LogP contribution in [-0.2, 0) is 10.0 Å². The summed E-state index contributed by atoms with van der Waals surface area (Å²) < 4.78 is 26.5. The first kappa shape index (κ1) is 16.2. The molecule has 2 aliphatic rings. The number of rotatable bonds is 6. The molecule has 1 unspecified atom stereocenters. The first-order valence-electron chi connectivity index (χ1n) is 7.91. The Hall–Kier alpha value is -0.170. The second-order valence-corrected chi connectivity index (χ2v) is 8.27. The second-order valence-electron chi connectivity index (χ2n) is 6.18. The van der Waals surface area contributed by atoms with Gasteiger partial charge in [0.25, 0.3) is 0 Å². The Labute approximate surface area is 122 Å². The van der Waals surface area contributed by atoms with Gasteiger partial charge in [-0.25, -0.2) is 12.7 Å². The van der Waals surface area contributed by atoms with Crippen LogP contribution in [0.4, 0.5) is 0 Å². The van der Waals surface area contributed by atoms with E-state index in [-0.39, 0.29) is 6.61 Å². The summed E-state index contributed by atoms with van der Waals surface area (Å²) in [5.41, 5.74) is 0. The van der Waals surface area contributed by atoms with E-state index in [1.165, 1.54) is 0 Å². The van der Waals surface area contributed by atoms with Gasteiger partial charge in [-0.05, 0) is 63.5 Å². The van der Waals surface area contributed by atoms with Gasteiger partial charge in [-0.3, -0.25) is 0 Å². The van der Waals surface area contributed by atoms with Gasteiger partial charge in [0, 0.05) is 19.7 Å². The Bertz CT molecular complexity index is 378. The molecule has 2 aliphatic heterocycles. The molecule has 0 saturated carbocycles. The maximum atomic E-state index is 12.4. The molecule has 0 aromatic carbocycles. The Kier molecular flexibility index (Phi) is 6.26. The van der Waals surface area contributed by atoms with Gasteiger partial charge in [-0.1, -0.05) is 0 Å². The van der Waals surface area contributed by atoms with Gasteiger partial charge < -0.3 is 10.4 Å². The highest BCUT2D eigenvalue weighted by Crippen LogP contribution is 2.23. The largest absolute Gasteiger partial charge is 0.396 e. The molecule has 2 N–H and O–H groups in total. The monoisotopic (exact) mass is 304 g/mol. The molecule has 0 bridgehead atoms. The molecule has 2 rings (SSSR count). The Morgan fingerprint density at radius 1 is 1.10 bits per heavy atom. The van der Waals surface area contributed by atoms with Crippen molar-refractivity contribution in [2.45, 2.75) is 38.5 Å². The highest BCUT2D eigenvalue weighted by molar-refractivity contribution is 7.89. The van der Waals surface area contributed by atoms with Crippen LogP contribution in [0.2, 0.25) is 0 Å². The summed E-state index contributed by atoms with van der Waals surface area (Å²) in [5.74, 6) is 1.19. The molecule has 118 valence electrons. The molecule has 5 nitrogen and oxygen atoms in total. The van der Waals surface area contributed by atoms with Crippen LogP contribution < -0.4 is 5.32 Å². The second kappa shape index (κ2) is 7.73. The molecule has 0 radical (unpaired) electrons. The van der Waals surface area contributed by atoms with Crippen LogP contribution >= 0.6 is 0 Å². The fourth-order valence-corrected chi connectivity index (χ4v) is 5.05. The van der Waals surface area contributed by atoms with Crippen LogP contribution in [0.25, 0.3) is 0 Å². The highest BCUT2D eigenvalue weighted by atomic mass is 32.2. The zero-order valence-electron chi connectivity index (χ0n) is 12.3. The molecular formula is C14H28N2O3S. The molecule has 6 heteroatoms. The number of aliphatic hydroxyl groups excluding tert-OH is 1. The summed E-state index contributed by atoms with van der Waals surface area (Å²) in [6.07, 6.45) is 5.69. The normalized spacial score (nSPS) is 26.8. The van der Waals surface area contributed by atoms with Crippen LogP contribution in [0.5, 0.6) is 0 Å². The van der Waals surface area contributed by atoms with Gasteiger partial charge in [0.1, 0.15) is 0 Å². The smallest absolute Gasteiger partial charge is 0.214 e. The molecule has 2 heterocycles. The molecule has 0 spiro atoms. The maximum Gasteiger partial charge on any atom is 0.214 e. The predicted octanol–water partition coefficient (Wildman–Crippen LogP) is 0.800. The number of nitrogens with one attached hydrogen (secondary N) is 1. The molecule has 0 aromatic rings. The molecule has 0 amide bonds. The van der Waals surface area contributed by atoms with E-state index in [0.29, 0.717) is 30.7 Å². The third kappa shape index (κ3) is 4.69. The molecule has 0 aliphatic carbocycles. The summed E-state index contributed by atoms with van der Waals surface area (Å²) in [7, 11) is -3.10. The van der Waals surface area contributed by atoms with E-state index in [9.17, 15) is 8.42 Å². The molecular weight excluding hydrogens is 276 g/mol. The summed E-state index contributed by atoms with van der Waals surface area (Å²) in [6, 6.07) is 0. The number of sulfonamides is 1. The number of hydrogen-bond acceptors (Lipinski definition) is 4. The SMILES string of the molecule is O=S(=O)(CCC1CCNCC1)N1CCCC(CCO)C1. The van der Waals surface area contributed by atoms with E-state index in [4.69, 9.17) is 5.11 Å². The van der Waals surface area contributed by atoms with Crippen LogP contribution in [0.1, 0.15) is 38.5 Å². The lowest BCUT2D eigenvalue weighted by atomic mass is 9.96. The van der Waals surface area contributed by atoms with Crippen molar-refractivity contribution in [3.05, 3.63) is 0 Å². The van der Waals surface area contributed by atoms with E-state index >= 15 is 0 Å². The van der Waals surface area contributed by atoms with Crippen molar-refractivity contribution in [2.24, 2.45) is 11.8 Å². The number of nitrogens with zero attached hydrogens (tertiary/aromatic N) is 1. The predicted molar refractivity (Wildman–Crippen MR) is 80.0 cm³/mol. The van der Waals surface area contributed by atoms with Crippen LogP contribution in [0.3, 0.4) is 0 Å². The van der Waals surface area contributed by atoms with Crippen molar-refractivity contribution in [2.75, 3.05) is 38.5 Å². The average Bonchev–Trinajstić information content (AvgIpc) is 2.47. The van der Waals surface area contributed by atoms with E-state index in [2.05, 4.69) is 5.32 Å².